The van der Waals surface area contributed by atoms with Crippen molar-refractivity contribution in [3.63, 3.8) is 0 Å². The van der Waals surface area contributed by atoms with Gasteiger partial charge in [0.2, 0.25) is 5.89 Å². The van der Waals surface area contributed by atoms with Gasteiger partial charge in [0.1, 0.15) is 0 Å². The van der Waals surface area contributed by atoms with Crippen LogP contribution in [0, 0.1) is 0 Å². The summed E-state index contributed by atoms with van der Waals surface area (Å²) < 4.78 is 5.53. The number of likely N-dealkylation sites (N-methyl/N-ethyl adjacent to an activating group) is 1. The van der Waals surface area contributed by atoms with Gasteiger partial charge < -0.3 is 14.7 Å². The lowest BCUT2D eigenvalue weighted by Gasteiger charge is -2.21. The number of nitrogens with zero attached hydrogens (tertiary/aromatic N) is 3. The number of hydrogen-bond acceptors (Lipinski definition) is 5. The van der Waals surface area contributed by atoms with Crippen molar-refractivity contribution in [3.05, 3.63) is 5.89 Å². The fourth-order valence-corrected chi connectivity index (χ4v) is 2.96. The Kier molecular flexibility index (Phi) is 5.19. The van der Waals surface area contributed by atoms with Crippen LogP contribution in [0.5, 0.6) is 0 Å². The minimum absolute atomic E-state index is 0.365. The van der Waals surface area contributed by atoms with Crippen molar-refractivity contribution in [1.29, 1.82) is 0 Å². The maximum atomic E-state index is 5.53. The van der Waals surface area contributed by atoms with Gasteiger partial charge in [0.15, 0.2) is 0 Å². The van der Waals surface area contributed by atoms with E-state index in [0.29, 0.717) is 12.0 Å². The lowest BCUT2D eigenvalue weighted by molar-refractivity contribution is 0.310. The predicted molar refractivity (Wildman–Crippen MR) is 76.5 cm³/mol. The maximum Gasteiger partial charge on any atom is 0.266 e. The third-order valence-corrected chi connectivity index (χ3v) is 4.18. The van der Waals surface area contributed by atoms with Crippen LogP contribution >= 0.6 is 0 Å². The molecule has 2 unspecified atom stereocenters. The van der Waals surface area contributed by atoms with E-state index in [-0.39, 0.29) is 0 Å². The van der Waals surface area contributed by atoms with Crippen molar-refractivity contribution in [1.82, 2.24) is 15.5 Å². The molecule has 0 radical (unpaired) electrons. The molecule has 1 aliphatic rings. The molecule has 1 aromatic heterocycles. The van der Waals surface area contributed by atoms with Gasteiger partial charge in [-0.15, -0.1) is 0 Å². The number of rotatable bonds is 5. The molecule has 108 valence electrons. The zero-order valence-corrected chi connectivity index (χ0v) is 12.4. The average molecular weight is 266 g/mol. The van der Waals surface area contributed by atoms with Crippen LogP contribution in [-0.2, 0) is 0 Å². The predicted octanol–water partition coefficient (Wildman–Crippen LogP) is 2.55. The van der Waals surface area contributed by atoms with Crippen molar-refractivity contribution in [3.8, 4) is 0 Å². The summed E-state index contributed by atoms with van der Waals surface area (Å²) >= 11 is 0. The third kappa shape index (κ3) is 3.26. The van der Waals surface area contributed by atoms with E-state index < -0.39 is 0 Å². The second kappa shape index (κ2) is 6.89. The van der Waals surface area contributed by atoms with E-state index in [2.05, 4.69) is 34.2 Å². The van der Waals surface area contributed by atoms with Crippen LogP contribution in [0.25, 0.3) is 0 Å². The van der Waals surface area contributed by atoms with E-state index in [4.69, 9.17) is 4.52 Å². The molecule has 1 N–H and O–H groups in total. The first-order valence-corrected chi connectivity index (χ1v) is 7.55. The smallest absolute Gasteiger partial charge is 0.266 e. The Morgan fingerprint density at radius 3 is 2.63 bits per heavy atom. The summed E-state index contributed by atoms with van der Waals surface area (Å²) in [5.74, 6) is 1.91. The van der Waals surface area contributed by atoms with E-state index in [1.807, 2.05) is 7.05 Å². The Bertz CT molecular complexity index is 375. The molecule has 0 saturated heterocycles. The third-order valence-electron chi connectivity index (χ3n) is 4.18. The molecule has 2 atom stereocenters. The zero-order valence-electron chi connectivity index (χ0n) is 12.4. The Morgan fingerprint density at radius 1 is 1.21 bits per heavy atom. The molecule has 1 fully saturated rings. The van der Waals surface area contributed by atoms with Crippen LogP contribution in [-0.4, -0.2) is 36.3 Å². The van der Waals surface area contributed by atoms with Crippen molar-refractivity contribution in [2.24, 2.45) is 0 Å². The van der Waals surface area contributed by atoms with E-state index in [9.17, 15) is 0 Å². The molecule has 2 rings (SSSR count). The molecule has 19 heavy (non-hydrogen) atoms. The zero-order chi connectivity index (χ0) is 13.7. The van der Waals surface area contributed by atoms with Crippen molar-refractivity contribution >= 4 is 5.95 Å². The summed E-state index contributed by atoms with van der Waals surface area (Å²) in [7, 11) is 2.03. The minimum Gasteiger partial charge on any atom is -0.339 e. The SMILES string of the molecule is CCN(CC)c1noc(C2CCCCCC2NC)n1. The van der Waals surface area contributed by atoms with E-state index >= 15 is 0 Å². The number of hydrogen-bond donors (Lipinski definition) is 1. The highest BCUT2D eigenvalue weighted by atomic mass is 16.5. The number of anilines is 1. The van der Waals surface area contributed by atoms with Crippen LogP contribution < -0.4 is 10.2 Å². The van der Waals surface area contributed by atoms with Gasteiger partial charge in [-0.2, -0.15) is 4.98 Å². The van der Waals surface area contributed by atoms with Crippen molar-refractivity contribution in [2.75, 3.05) is 25.0 Å². The summed E-state index contributed by atoms with van der Waals surface area (Å²) in [5.41, 5.74) is 0. The number of nitrogens with one attached hydrogen (secondary N) is 1. The molecule has 1 heterocycles. The van der Waals surface area contributed by atoms with Crippen LogP contribution in [0.1, 0.15) is 57.8 Å². The average Bonchev–Trinajstić information content (AvgIpc) is 2.78. The first kappa shape index (κ1) is 14.3. The highest BCUT2D eigenvalue weighted by Crippen LogP contribution is 2.31. The van der Waals surface area contributed by atoms with Gasteiger partial charge in [-0.05, 0) is 38.9 Å². The van der Waals surface area contributed by atoms with Gasteiger partial charge >= 0.3 is 0 Å². The highest BCUT2D eigenvalue weighted by Gasteiger charge is 2.29. The van der Waals surface area contributed by atoms with Crippen LogP contribution in [0.15, 0.2) is 4.52 Å². The fourth-order valence-electron chi connectivity index (χ4n) is 2.96. The fraction of sp³-hybridized carbons (Fsp3) is 0.857. The van der Waals surface area contributed by atoms with Crippen molar-refractivity contribution < 1.29 is 4.52 Å². The molecule has 1 aliphatic carbocycles. The molecule has 0 aliphatic heterocycles. The largest absolute Gasteiger partial charge is 0.339 e. The lowest BCUT2D eigenvalue weighted by atomic mass is 9.95. The second-order valence-electron chi connectivity index (χ2n) is 5.24. The molecule has 1 saturated carbocycles. The summed E-state index contributed by atoms with van der Waals surface area (Å²) in [4.78, 5) is 6.75. The van der Waals surface area contributed by atoms with Gasteiger partial charge in [0.25, 0.3) is 5.95 Å². The molecule has 0 bridgehead atoms. The van der Waals surface area contributed by atoms with E-state index in [1.165, 1.54) is 25.7 Å². The van der Waals surface area contributed by atoms with Gasteiger partial charge in [-0.3, -0.25) is 0 Å². The molecule has 5 heteroatoms. The second-order valence-corrected chi connectivity index (χ2v) is 5.24. The summed E-state index contributed by atoms with van der Waals surface area (Å²) in [5, 5.41) is 7.56. The standard InChI is InChI=1S/C14H26N4O/c1-4-18(5-2)14-16-13(19-17-14)11-9-7-6-8-10-12(11)15-3/h11-12,15H,4-10H2,1-3H3. The Hall–Kier alpha value is -1.10. The van der Waals surface area contributed by atoms with Gasteiger partial charge in [-0.25, -0.2) is 0 Å². The molecule has 0 amide bonds. The van der Waals surface area contributed by atoms with Gasteiger partial charge in [-0.1, -0.05) is 19.3 Å². The summed E-state index contributed by atoms with van der Waals surface area (Å²) in [6.45, 7) is 6.05. The van der Waals surface area contributed by atoms with Crippen LogP contribution in [0.4, 0.5) is 5.95 Å². The molecular weight excluding hydrogens is 240 g/mol. The quantitative estimate of drug-likeness (QED) is 0.830. The summed E-state index contributed by atoms with van der Waals surface area (Å²) in [6, 6.07) is 0.465. The Morgan fingerprint density at radius 2 is 1.95 bits per heavy atom. The van der Waals surface area contributed by atoms with E-state index in [0.717, 1.165) is 31.3 Å². The van der Waals surface area contributed by atoms with Crippen molar-refractivity contribution in [2.45, 2.75) is 57.9 Å². The Balaban J connectivity index is 2.15. The highest BCUT2D eigenvalue weighted by molar-refractivity contribution is 5.27. The summed E-state index contributed by atoms with van der Waals surface area (Å²) in [6.07, 6.45) is 6.20. The number of aromatic nitrogens is 2. The monoisotopic (exact) mass is 266 g/mol. The lowest BCUT2D eigenvalue weighted by Crippen LogP contribution is -2.31. The van der Waals surface area contributed by atoms with Gasteiger partial charge in [0.05, 0.1) is 5.92 Å². The van der Waals surface area contributed by atoms with E-state index in [1.54, 1.807) is 0 Å². The van der Waals surface area contributed by atoms with Crippen LogP contribution in [0.3, 0.4) is 0 Å². The minimum atomic E-state index is 0.365. The topological polar surface area (TPSA) is 54.2 Å². The van der Waals surface area contributed by atoms with Crippen LogP contribution in [0.2, 0.25) is 0 Å². The first-order valence-electron chi connectivity index (χ1n) is 7.55. The normalized spacial score (nSPS) is 24.2. The molecule has 0 spiro atoms. The first-order chi connectivity index (χ1) is 9.30. The molecular formula is C14H26N4O. The molecule has 1 aromatic rings. The molecule has 0 aromatic carbocycles. The maximum absolute atomic E-state index is 5.53. The van der Waals surface area contributed by atoms with Gasteiger partial charge in [0, 0.05) is 19.1 Å². The molecule has 5 nitrogen and oxygen atoms in total. The Labute approximate surface area is 115 Å².